The summed E-state index contributed by atoms with van der Waals surface area (Å²) in [4.78, 5) is 41.3. The summed E-state index contributed by atoms with van der Waals surface area (Å²) >= 11 is 0. The van der Waals surface area contributed by atoms with E-state index < -0.39 is 6.03 Å². The van der Waals surface area contributed by atoms with Gasteiger partial charge in [-0.05, 0) is 18.2 Å². The van der Waals surface area contributed by atoms with Gasteiger partial charge in [-0.2, -0.15) is 0 Å². The Kier molecular flexibility index (Phi) is 5.59. The van der Waals surface area contributed by atoms with Crippen LogP contribution >= 0.6 is 0 Å². The summed E-state index contributed by atoms with van der Waals surface area (Å²) < 4.78 is 18.8. The Morgan fingerprint density at radius 3 is 2.56 bits per heavy atom. The Balaban J connectivity index is 1.53. The minimum Gasteiger partial charge on any atom is -0.496 e. The molecule has 0 radical (unpaired) electrons. The van der Waals surface area contributed by atoms with Crippen molar-refractivity contribution in [1.82, 2.24) is 14.7 Å². The molecule has 9 heteroatoms. The molecule has 0 spiro atoms. The first-order valence-electron chi connectivity index (χ1n) is 8.88. The van der Waals surface area contributed by atoms with E-state index in [-0.39, 0.29) is 30.7 Å². The number of halogens is 1. The van der Waals surface area contributed by atoms with Crippen molar-refractivity contribution in [2.75, 3.05) is 53.4 Å². The lowest BCUT2D eigenvalue weighted by Gasteiger charge is -2.33. The molecule has 2 fully saturated rings. The molecular weight excluding hydrogens is 355 g/mol. The van der Waals surface area contributed by atoms with Gasteiger partial charge in [0, 0.05) is 7.05 Å². The number of hydrogen-bond acceptors (Lipinski definition) is 4. The van der Waals surface area contributed by atoms with Gasteiger partial charge in [0.25, 0.3) is 5.91 Å². The van der Waals surface area contributed by atoms with E-state index in [1.807, 2.05) is 0 Å². The van der Waals surface area contributed by atoms with Crippen molar-refractivity contribution in [3.63, 3.8) is 0 Å². The zero-order chi connectivity index (χ0) is 19.6. The molecule has 1 N–H and O–H groups in total. The Labute approximate surface area is 157 Å². The number of carbonyl (C=O) groups excluding carboxylic acids is 3. The highest BCUT2D eigenvalue weighted by Gasteiger charge is 2.36. The number of nitrogens with one attached hydrogen (secondary N) is 1. The predicted molar refractivity (Wildman–Crippen MR) is 93.7 cm³/mol. The maximum atomic E-state index is 13.5. The summed E-state index contributed by atoms with van der Waals surface area (Å²) in [7, 11) is 3.09. The number of urea groups is 1. The number of methoxy groups -OCH3 is 1. The zero-order valence-corrected chi connectivity index (χ0v) is 15.5. The second-order valence-electron chi connectivity index (χ2n) is 6.88. The van der Waals surface area contributed by atoms with E-state index in [0.717, 1.165) is 10.5 Å². The Hall–Kier alpha value is -2.68. The predicted octanol–water partition coefficient (Wildman–Crippen LogP) is -1.04. The Morgan fingerprint density at radius 2 is 1.96 bits per heavy atom. The fourth-order valence-corrected chi connectivity index (χ4v) is 3.46. The summed E-state index contributed by atoms with van der Waals surface area (Å²) in [5, 5.41) is 0. The molecule has 4 amide bonds. The number of likely N-dealkylation sites (N-methyl/N-ethyl adjacent to an activating group) is 1. The van der Waals surface area contributed by atoms with Crippen molar-refractivity contribution in [3.05, 3.63) is 29.6 Å². The van der Waals surface area contributed by atoms with Gasteiger partial charge in [0.05, 0.1) is 38.9 Å². The van der Waals surface area contributed by atoms with Gasteiger partial charge in [0.15, 0.2) is 0 Å². The first kappa shape index (κ1) is 19.1. The largest absolute Gasteiger partial charge is 0.496 e. The highest BCUT2D eigenvalue weighted by atomic mass is 19.1. The molecule has 2 aliphatic heterocycles. The second kappa shape index (κ2) is 7.91. The van der Waals surface area contributed by atoms with Crippen LogP contribution in [0.15, 0.2) is 18.2 Å². The van der Waals surface area contributed by atoms with E-state index in [9.17, 15) is 18.8 Å². The lowest BCUT2D eigenvalue weighted by molar-refractivity contribution is -0.917. The van der Waals surface area contributed by atoms with Crippen LogP contribution in [0, 0.1) is 5.82 Å². The molecule has 2 heterocycles. The van der Waals surface area contributed by atoms with Crippen molar-refractivity contribution < 1.29 is 28.4 Å². The highest BCUT2D eigenvalue weighted by molar-refractivity contribution is 6.04. The van der Waals surface area contributed by atoms with Crippen LogP contribution in [0.3, 0.4) is 0 Å². The zero-order valence-electron chi connectivity index (χ0n) is 15.5. The molecule has 2 saturated heterocycles. The molecule has 1 aromatic carbocycles. The van der Waals surface area contributed by atoms with Crippen LogP contribution in [0.4, 0.5) is 9.18 Å². The fraction of sp³-hybridized carbons (Fsp3) is 0.500. The van der Waals surface area contributed by atoms with Gasteiger partial charge in [-0.3, -0.25) is 14.5 Å². The highest BCUT2D eigenvalue weighted by Crippen LogP contribution is 2.18. The van der Waals surface area contributed by atoms with Crippen LogP contribution in [0.5, 0.6) is 5.75 Å². The van der Waals surface area contributed by atoms with Crippen LogP contribution in [-0.4, -0.2) is 86.0 Å². The fourth-order valence-electron chi connectivity index (χ4n) is 3.46. The number of quaternary nitrogens is 1. The standard InChI is InChI=1S/C18H23FN4O4/c1-20-11-17(25)23(18(20)26)12-16(24)22-7-5-21(6-8-22)10-13-9-14(19)3-4-15(13)27-2/h3-4,9H,5-8,10-12H2,1-2H3/p+1. The molecule has 1 aromatic rings. The Morgan fingerprint density at radius 1 is 1.26 bits per heavy atom. The molecule has 0 bridgehead atoms. The Bertz CT molecular complexity index is 749. The van der Waals surface area contributed by atoms with E-state index in [1.165, 1.54) is 29.0 Å². The van der Waals surface area contributed by atoms with E-state index in [1.54, 1.807) is 18.1 Å². The second-order valence-corrected chi connectivity index (χ2v) is 6.88. The monoisotopic (exact) mass is 379 g/mol. The first-order valence-corrected chi connectivity index (χ1v) is 8.88. The summed E-state index contributed by atoms with van der Waals surface area (Å²) in [6, 6.07) is 4.03. The van der Waals surface area contributed by atoms with Crippen LogP contribution < -0.4 is 9.64 Å². The average Bonchev–Trinajstić information content (AvgIpc) is 2.88. The number of rotatable bonds is 5. The third kappa shape index (κ3) is 4.19. The number of nitrogens with zero attached hydrogens (tertiary/aromatic N) is 3. The summed E-state index contributed by atoms with van der Waals surface area (Å²) in [6.07, 6.45) is 0. The first-order chi connectivity index (χ1) is 12.9. The molecule has 3 rings (SSSR count). The number of carbonyl (C=O) groups is 3. The maximum Gasteiger partial charge on any atom is 0.327 e. The normalized spacial score (nSPS) is 18.4. The van der Waals surface area contributed by atoms with Gasteiger partial charge in [-0.25, -0.2) is 9.18 Å². The molecule has 2 aliphatic rings. The summed E-state index contributed by atoms with van der Waals surface area (Å²) in [5.41, 5.74) is 0.795. The topological polar surface area (TPSA) is 74.6 Å². The SMILES string of the molecule is COc1ccc(F)cc1C[NH+]1CCN(C(=O)CN2C(=O)CN(C)C2=O)CC1. The van der Waals surface area contributed by atoms with Gasteiger partial charge in [-0.15, -0.1) is 0 Å². The molecule has 0 aliphatic carbocycles. The van der Waals surface area contributed by atoms with Crippen LogP contribution in [0.1, 0.15) is 5.56 Å². The molecule has 0 unspecified atom stereocenters. The lowest BCUT2D eigenvalue weighted by Crippen LogP contribution is -3.13. The lowest BCUT2D eigenvalue weighted by atomic mass is 10.1. The minimum absolute atomic E-state index is 0.0134. The maximum absolute atomic E-state index is 13.5. The number of imide groups is 1. The third-order valence-electron chi connectivity index (χ3n) is 5.03. The summed E-state index contributed by atoms with van der Waals surface area (Å²) in [5.74, 6) is -0.228. The van der Waals surface area contributed by atoms with Crippen molar-refractivity contribution in [2.45, 2.75) is 6.54 Å². The smallest absolute Gasteiger partial charge is 0.327 e. The molecule has 146 valence electrons. The molecular formula is C18H24FN4O4+. The van der Waals surface area contributed by atoms with E-state index in [4.69, 9.17) is 4.74 Å². The van der Waals surface area contributed by atoms with E-state index in [0.29, 0.717) is 38.5 Å². The van der Waals surface area contributed by atoms with Gasteiger partial charge < -0.3 is 19.4 Å². The van der Waals surface area contributed by atoms with Crippen LogP contribution in [0.2, 0.25) is 0 Å². The van der Waals surface area contributed by atoms with Crippen LogP contribution in [0.25, 0.3) is 0 Å². The van der Waals surface area contributed by atoms with Gasteiger partial charge in [-0.1, -0.05) is 0 Å². The summed E-state index contributed by atoms with van der Waals surface area (Å²) in [6.45, 7) is 2.86. The molecule has 27 heavy (non-hydrogen) atoms. The van der Waals surface area contributed by atoms with Crippen molar-refractivity contribution >= 4 is 17.8 Å². The van der Waals surface area contributed by atoms with Crippen molar-refractivity contribution in [3.8, 4) is 5.75 Å². The number of hydrogen-bond donors (Lipinski definition) is 1. The molecule has 8 nitrogen and oxygen atoms in total. The van der Waals surface area contributed by atoms with E-state index >= 15 is 0 Å². The number of benzene rings is 1. The van der Waals surface area contributed by atoms with Gasteiger partial charge in [0.2, 0.25) is 5.91 Å². The van der Waals surface area contributed by atoms with Gasteiger partial charge in [0.1, 0.15) is 31.2 Å². The van der Waals surface area contributed by atoms with Gasteiger partial charge >= 0.3 is 6.03 Å². The number of ether oxygens (including phenoxy) is 1. The van der Waals surface area contributed by atoms with Crippen molar-refractivity contribution in [1.29, 1.82) is 0 Å². The average molecular weight is 379 g/mol. The number of piperazine rings is 1. The van der Waals surface area contributed by atoms with E-state index in [2.05, 4.69) is 0 Å². The van der Waals surface area contributed by atoms with Crippen molar-refractivity contribution in [2.24, 2.45) is 0 Å². The number of amides is 4. The minimum atomic E-state index is -0.434. The van der Waals surface area contributed by atoms with Crippen LogP contribution in [-0.2, 0) is 16.1 Å². The quantitative estimate of drug-likeness (QED) is 0.663. The molecule has 0 saturated carbocycles. The third-order valence-corrected chi connectivity index (χ3v) is 5.03. The molecule has 0 aromatic heterocycles. The molecule has 0 atom stereocenters.